The minimum absolute atomic E-state index is 0.0562. The van der Waals surface area contributed by atoms with E-state index in [1.807, 2.05) is 0 Å². The maximum absolute atomic E-state index is 11.8. The molecule has 7 nitrogen and oxygen atoms in total. The summed E-state index contributed by atoms with van der Waals surface area (Å²) < 4.78 is 14.5. The van der Waals surface area contributed by atoms with Gasteiger partial charge in [-0.3, -0.25) is 14.4 Å². The van der Waals surface area contributed by atoms with Crippen molar-refractivity contribution < 1.29 is 28.6 Å². The first-order valence-corrected chi connectivity index (χ1v) is 7.65. The van der Waals surface area contributed by atoms with Crippen molar-refractivity contribution in [2.45, 2.75) is 19.3 Å². The highest BCUT2D eigenvalue weighted by Gasteiger charge is 2.12. The number of hydrogen-bond donors (Lipinski definition) is 1. The first kappa shape index (κ1) is 19.8. The Hall–Kier alpha value is -2.28. The van der Waals surface area contributed by atoms with Gasteiger partial charge in [-0.15, -0.1) is 0 Å². The molecule has 0 aliphatic carbocycles. The fourth-order valence-corrected chi connectivity index (χ4v) is 2.05. The molecule has 0 aliphatic heterocycles. The number of benzene rings is 1. The number of carbonyl (C=O) groups excluding carboxylic acids is 3. The third-order valence-electron chi connectivity index (χ3n) is 3.05. The van der Waals surface area contributed by atoms with Gasteiger partial charge >= 0.3 is 11.9 Å². The molecule has 132 valence electrons. The van der Waals surface area contributed by atoms with Crippen molar-refractivity contribution in [1.82, 2.24) is 5.32 Å². The molecule has 1 N–H and O–H groups in total. The Morgan fingerprint density at radius 3 is 2.58 bits per heavy atom. The quantitative estimate of drug-likeness (QED) is 0.532. The predicted molar refractivity (Wildman–Crippen MR) is 86.9 cm³/mol. The smallest absolute Gasteiger partial charge is 0.310 e. The maximum Gasteiger partial charge on any atom is 0.310 e. The van der Waals surface area contributed by atoms with Crippen molar-refractivity contribution in [2.75, 3.05) is 27.4 Å². The van der Waals surface area contributed by atoms with E-state index in [1.165, 1.54) is 14.2 Å². The second-order valence-electron chi connectivity index (χ2n) is 4.82. The molecule has 0 spiro atoms. The Balaban J connectivity index is 2.32. The Kier molecular flexibility index (Phi) is 8.64. The molecule has 1 aromatic carbocycles. The van der Waals surface area contributed by atoms with E-state index < -0.39 is 11.9 Å². The molecule has 8 heteroatoms. The van der Waals surface area contributed by atoms with Crippen molar-refractivity contribution in [3.05, 3.63) is 28.8 Å². The van der Waals surface area contributed by atoms with Gasteiger partial charge in [-0.2, -0.15) is 0 Å². The van der Waals surface area contributed by atoms with Crippen LogP contribution in [0, 0.1) is 0 Å². The van der Waals surface area contributed by atoms with Gasteiger partial charge < -0.3 is 19.5 Å². The lowest BCUT2D eigenvalue weighted by Crippen LogP contribution is -2.30. The number of carbonyl (C=O) groups is 3. The molecule has 0 unspecified atom stereocenters. The average Bonchev–Trinajstić information content (AvgIpc) is 2.56. The Morgan fingerprint density at radius 2 is 1.92 bits per heavy atom. The van der Waals surface area contributed by atoms with Gasteiger partial charge in [0.05, 0.1) is 20.6 Å². The predicted octanol–water partition coefficient (Wildman–Crippen LogP) is 1.50. The Morgan fingerprint density at radius 1 is 1.17 bits per heavy atom. The monoisotopic (exact) mass is 357 g/mol. The number of esters is 2. The van der Waals surface area contributed by atoms with E-state index >= 15 is 0 Å². The van der Waals surface area contributed by atoms with Crippen LogP contribution in [0.1, 0.15) is 18.4 Å². The van der Waals surface area contributed by atoms with Crippen LogP contribution >= 0.6 is 11.6 Å². The van der Waals surface area contributed by atoms with Gasteiger partial charge in [0.25, 0.3) is 5.91 Å². The van der Waals surface area contributed by atoms with E-state index in [0.29, 0.717) is 29.3 Å². The van der Waals surface area contributed by atoms with Crippen LogP contribution < -0.4 is 10.1 Å². The highest BCUT2D eigenvalue weighted by atomic mass is 35.5. The molecular formula is C16H20ClNO6. The zero-order valence-corrected chi connectivity index (χ0v) is 14.4. The Bertz CT molecular complexity index is 590. The summed E-state index contributed by atoms with van der Waals surface area (Å²) >= 11 is 5.88. The molecule has 0 fully saturated rings. The number of hydrogen-bond acceptors (Lipinski definition) is 6. The zero-order chi connectivity index (χ0) is 17.9. The SMILES string of the molecule is COC(=O)CCCNC(=O)COC(=O)Cc1cc(Cl)ccc1OC. The zero-order valence-electron chi connectivity index (χ0n) is 13.6. The van der Waals surface area contributed by atoms with Crippen LogP contribution in [0.15, 0.2) is 18.2 Å². The van der Waals surface area contributed by atoms with E-state index in [-0.39, 0.29) is 25.4 Å². The van der Waals surface area contributed by atoms with Crippen molar-refractivity contribution in [2.24, 2.45) is 0 Å². The van der Waals surface area contributed by atoms with Gasteiger partial charge in [0.15, 0.2) is 6.61 Å². The van der Waals surface area contributed by atoms with Crippen LogP contribution in [0.3, 0.4) is 0 Å². The van der Waals surface area contributed by atoms with Crippen molar-refractivity contribution >= 4 is 29.4 Å². The number of nitrogens with one attached hydrogen (secondary N) is 1. The van der Waals surface area contributed by atoms with Crippen LogP contribution in [0.25, 0.3) is 0 Å². The molecule has 0 saturated heterocycles. The molecule has 0 radical (unpaired) electrons. The van der Waals surface area contributed by atoms with Crippen LogP contribution in [-0.2, 0) is 30.3 Å². The van der Waals surface area contributed by atoms with Crippen LogP contribution in [-0.4, -0.2) is 45.2 Å². The number of amides is 1. The molecule has 24 heavy (non-hydrogen) atoms. The van der Waals surface area contributed by atoms with Gasteiger partial charge in [0, 0.05) is 23.6 Å². The molecule has 1 amide bonds. The first-order valence-electron chi connectivity index (χ1n) is 7.27. The second-order valence-corrected chi connectivity index (χ2v) is 5.26. The summed E-state index contributed by atoms with van der Waals surface area (Å²) in [4.78, 5) is 34.2. The minimum atomic E-state index is -0.569. The molecule has 0 atom stereocenters. The van der Waals surface area contributed by atoms with Crippen molar-refractivity contribution in [1.29, 1.82) is 0 Å². The minimum Gasteiger partial charge on any atom is -0.496 e. The van der Waals surface area contributed by atoms with Gasteiger partial charge in [0.2, 0.25) is 0 Å². The fourth-order valence-electron chi connectivity index (χ4n) is 1.85. The lowest BCUT2D eigenvalue weighted by atomic mass is 10.1. The lowest BCUT2D eigenvalue weighted by Gasteiger charge is -2.09. The van der Waals surface area contributed by atoms with Crippen LogP contribution in [0.4, 0.5) is 0 Å². The van der Waals surface area contributed by atoms with E-state index in [1.54, 1.807) is 18.2 Å². The van der Waals surface area contributed by atoms with Crippen LogP contribution in [0.2, 0.25) is 5.02 Å². The highest BCUT2D eigenvalue weighted by Crippen LogP contribution is 2.23. The van der Waals surface area contributed by atoms with Gasteiger partial charge in [-0.05, 0) is 24.6 Å². The third kappa shape index (κ3) is 7.32. The maximum atomic E-state index is 11.8. The summed E-state index contributed by atoms with van der Waals surface area (Å²) in [6.07, 6.45) is 0.608. The summed E-state index contributed by atoms with van der Waals surface area (Å²) in [6.45, 7) is -0.0897. The van der Waals surface area contributed by atoms with Crippen molar-refractivity contribution in [3.8, 4) is 5.75 Å². The van der Waals surface area contributed by atoms with Gasteiger partial charge in [-0.1, -0.05) is 11.6 Å². The van der Waals surface area contributed by atoms with E-state index in [0.717, 1.165) is 0 Å². The normalized spacial score (nSPS) is 9.96. The van der Waals surface area contributed by atoms with E-state index in [4.69, 9.17) is 21.1 Å². The summed E-state index contributed by atoms with van der Waals surface area (Å²) in [5, 5.41) is 3.02. The molecule has 0 aromatic heterocycles. The number of ether oxygens (including phenoxy) is 3. The highest BCUT2D eigenvalue weighted by molar-refractivity contribution is 6.30. The molecule has 0 aliphatic rings. The van der Waals surface area contributed by atoms with Crippen molar-refractivity contribution in [3.63, 3.8) is 0 Å². The summed E-state index contributed by atoms with van der Waals surface area (Å²) in [6, 6.07) is 4.91. The largest absolute Gasteiger partial charge is 0.496 e. The molecule has 0 saturated carbocycles. The standard InChI is InChI=1S/C16H20ClNO6/c1-22-13-6-5-12(17)8-11(13)9-16(21)24-10-14(19)18-7-3-4-15(20)23-2/h5-6,8H,3-4,7,9-10H2,1-2H3,(H,18,19). The topological polar surface area (TPSA) is 90.9 Å². The number of methoxy groups -OCH3 is 2. The van der Waals surface area contributed by atoms with E-state index in [9.17, 15) is 14.4 Å². The average molecular weight is 358 g/mol. The van der Waals surface area contributed by atoms with E-state index in [2.05, 4.69) is 10.1 Å². The fraction of sp³-hybridized carbons (Fsp3) is 0.438. The molecule has 0 heterocycles. The summed E-state index contributed by atoms with van der Waals surface area (Å²) in [5.74, 6) is -0.832. The van der Waals surface area contributed by atoms with Gasteiger partial charge in [0.1, 0.15) is 5.75 Å². The second kappa shape index (κ2) is 10.5. The summed E-state index contributed by atoms with van der Waals surface area (Å²) in [7, 11) is 2.79. The molecule has 1 aromatic rings. The lowest BCUT2D eigenvalue weighted by molar-refractivity contribution is -0.147. The molecule has 1 rings (SSSR count). The first-order chi connectivity index (χ1) is 11.5. The summed E-state index contributed by atoms with van der Waals surface area (Å²) in [5.41, 5.74) is 0.577. The number of rotatable bonds is 9. The third-order valence-corrected chi connectivity index (χ3v) is 3.28. The number of halogens is 1. The molecular weight excluding hydrogens is 338 g/mol. The van der Waals surface area contributed by atoms with Crippen LogP contribution in [0.5, 0.6) is 5.75 Å². The Labute approximate surface area is 145 Å². The van der Waals surface area contributed by atoms with Gasteiger partial charge in [-0.25, -0.2) is 0 Å². The molecule has 0 bridgehead atoms.